The highest BCUT2D eigenvalue weighted by Crippen LogP contribution is 2.68. The fourth-order valence-electron chi connectivity index (χ4n) is 8.97. The molecule has 0 saturated heterocycles. The first kappa shape index (κ1) is 19.2. The van der Waals surface area contributed by atoms with E-state index >= 15 is 0 Å². The lowest BCUT2D eigenvalue weighted by atomic mass is 9.43. The molecule has 5 unspecified atom stereocenters. The van der Waals surface area contributed by atoms with Crippen molar-refractivity contribution in [2.75, 3.05) is 0 Å². The molecule has 4 fully saturated rings. The first-order valence-corrected chi connectivity index (χ1v) is 11.7. The molecule has 0 heterocycles. The lowest BCUT2D eigenvalue weighted by Gasteiger charge is -2.62. The Morgan fingerprint density at radius 2 is 1.81 bits per heavy atom. The molecule has 150 valence electrons. The maximum Gasteiger partial charge on any atom is 0.0581 e. The second-order valence-electron chi connectivity index (χ2n) is 11.2. The number of hydrogen-bond acceptors (Lipinski definition) is 2. The Labute approximate surface area is 161 Å². The maximum absolute atomic E-state index is 11.4. The standard InChI is InChI=1S/C24H42O2/c1-5-6-16-11-12-23(3)17(13-16)7-8-18-20-10-9-19(15(2)25)24(20,4)14-21(26)22(18)23/h15-22,25-26H,5-14H2,1-4H3/t15?,16?,17?,18?,19-,20+,21+,22-,23?,24-/m1/s1. The second kappa shape index (κ2) is 6.76. The van der Waals surface area contributed by atoms with Gasteiger partial charge in [-0.2, -0.15) is 0 Å². The van der Waals surface area contributed by atoms with Gasteiger partial charge >= 0.3 is 0 Å². The van der Waals surface area contributed by atoms with Crippen molar-refractivity contribution < 1.29 is 10.2 Å². The van der Waals surface area contributed by atoms with E-state index < -0.39 is 0 Å². The summed E-state index contributed by atoms with van der Waals surface area (Å²) in [4.78, 5) is 0. The van der Waals surface area contributed by atoms with Crippen LogP contribution in [0.4, 0.5) is 0 Å². The fraction of sp³-hybridized carbons (Fsp3) is 1.00. The van der Waals surface area contributed by atoms with E-state index in [1.54, 1.807) is 0 Å². The molecule has 4 aliphatic carbocycles. The molecule has 2 heteroatoms. The molecule has 0 aromatic heterocycles. The molecule has 0 aliphatic heterocycles. The van der Waals surface area contributed by atoms with E-state index in [1.807, 2.05) is 6.92 Å². The molecule has 0 aromatic carbocycles. The van der Waals surface area contributed by atoms with Gasteiger partial charge in [-0.15, -0.1) is 0 Å². The third-order valence-corrected chi connectivity index (χ3v) is 10.1. The van der Waals surface area contributed by atoms with E-state index in [2.05, 4.69) is 20.8 Å². The van der Waals surface area contributed by atoms with Crippen molar-refractivity contribution in [3.63, 3.8) is 0 Å². The van der Waals surface area contributed by atoms with Crippen LogP contribution < -0.4 is 0 Å². The van der Waals surface area contributed by atoms with Gasteiger partial charge in [-0.25, -0.2) is 0 Å². The zero-order valence-corrected chi connectivity index (χ0v) is 17.6. The van der Waals surface area contributed by atoms with Gasteiger partial charge in [-0.05, 0) is 105 Å². The van der Waals surface area contributed by atoms with Gasteiger partial charge in [0.1, 0.15) is 0 Å². The molecule has 2 N–H and O–H groups in total. The second-order valence-corrected chi connectivity index (χ2v) is 11.2. The Balaban J connectivity index is 1.59. The number of hydrogen-bond donors (Lipinski definition) is 2. The predicted octanol–water partition coefficient (Wildman–Crippen LogP) is 5.41. The van der Waals surface area contributed by atoms with Gasteiger partial charge < -0.3 is 10.2 Å². The van der Waals surface area contributed by atoms with Gasteiger partial charge in [0.2, 0.25) is 0 Å². The van der Waals surface area contributed by atoms with Crippen LogP contribution in [0.2, 0.25) is 0 Å². The number of aliphatic hydroxyl groups excluding tert-OH is 2. The smallest absolute Gasteiger partial charge is 0.0581 e. The van der Waals surface area contributed by atoms with E-state index in [4.69, 9.17) is 0 Å². The SMILES string of the molecule is CCCC1CCC2(C)C(CCC3[C@@H]2[C@@H](O)C[C@]2(C)[C@@H](C(C)O)CC[C@@H]32)C1. The Bertz CT molecular complexity index is 516. The van der Waals surface area contributed by atoms with Crippen molar-refractivity contribution in [2.24, 2.45) is 46.3 Å². The van der Waals surface area contributed by atoms with Crippen molar-refractivity contribution in [3.8, 4) is 0 Å². The van der Waals surface area contributed by atoms with Gasteiger partial charge in [-0.3, -0.25) is 0 Å². The van der Waals surface area contributed by atoms with Gasteiger partial charge in [0.05, 0.1) is 12.2 Å². The summed E-state index contributed by atoms with van der Waals surface area (Å²) in [6, 6.07) is 0. The summed E-state index contributed by atoms with van der Waals surface area (Å²) in [5, 5.41) is 21.8. The quantitative estimate of drug-likeness (QED) is 0.704. The Morgan fingerprint density at radius 1 is 1.04 bits per heavy atom. The van der Waals surface area contributed by atoms with Crippen LogP contribution in [0, 0.1) is 46.3 Å². The van der Waals surface area contributed by atoms with E-state index in [0.717, 1.165) is 30.6 Å². The fourth-order valence-corrected chi connectivity index (χ4v) is 8.97. The van der Waals surface area contributed by atoms with E-state index in [0.29, 0.717) is 23.2 Å². The lowest BCUT2D eigenvalue weighted by Crippen LogP contribution is -2.59. The first-order chi connectivity index (χ1) is 12.3. The van der Waals surface area contributed by atoms with Crippen LogP contribution in [-0.2, 0) is 0 Å². The summed E-state index contributed by atoms with van der Waals surface area (Å²) in [6.45, 7) is 9.25. The monoisotopic (exact) mass is 362 g/mol. The molecule has 0 bridgehead atoms. The largest absolute Gasteiger partial charge is 0.393 e. The van der Waals surface area contributed by atoms with Crippen LogP contribution in [0.25, 0.3) is 0 Å². The van der Waals surface area contributed by atoms with Crippen molar-refractivity contribution in [1.82, 2.24) is 0 Å². The minimum Gasteiger partial charge on any atom is -0.393 e. The van der Waals surface area contributed by atoms with Crippen LogP contribution in [0.15, 0.2) is 0 Å². The number of fused-ring (bicyclic) bond motifs is 5. The topological polar surface area (TPSA) is 40.5 Å². The zero-order chi connectivity index (χ0) is 18.7. The molecular weight excluding hydrogens is 320 g/mol. The summed E-state index contributed by atoms with van der Waals surface area (Å²) in [6.07, 6.45) is 12.5. The minimum atomic E-state index is -0.231. The van der Waals surface area contributed by atoms with Crippen LogP contribution in [-0.4, -0.2) is 22.4 Å². The summed E-state index contributed by atoms with van der Waals surface area (Å²) < 4.78 is 0. The minimum absolute atomic E-state index is 0.150. The Hall–Kier alpha value is -0.0800. The first-order valence-electron chi connectivity index (χ1n) is 11.7. The summed E-state index contributed by atoms with van der Waals surface area (Å²) >= 11 is 0. The highest BCUT2D eigenvalue weighted by Gasteiger charge is 2.63. The van der Waals surface area contributed by atoms with Crippen molar-refractivity contribution >= 4 is 0 Å². The number of rotatable bonds is 3. The summed E-state index contributed by atoms with van der Waals surface area (Å²) in [5.74, 6) is 4.08. The molecule has 4 rings (SSSR count). The van der Waals surface area contributed by atoms with Crippen molar-refractivity contribution in [3.05, 3.63) is 0 Å². The van der Waals surface area contributed by atoms with Crippen LogP contribution in [0.5, 0.6) is 0 Å². The molecule has 0 amide bonds. The average molecular weight is 363 g/mol. The van der Waals surface area contributed by atoms with Gasteiger partial charge in [0.15, 0.2) is 0 Å². The molecule has 26 heavy (non-hydrogen) atoms. The molecule has 2 nitrogen and oxygen atoms in total. The molecule has 4 aliphatic rings. The van der Waals surface area contributed by atoms with Crippen LogP contribution in [0.3, 0.4) is 0 Å². The van der Waals surface area contributed by atoms with Gasteiger partial charge in [0, 0.05) is 0 Å². The Morgan fingerprint density at radius 3 is 2.50 bits per heavy atom. The van der Waals surface area contributed by atoms with Gasteiger partial charge in [-0.1, -0.05) is 33.6 Å². The van der Waals surface area contributed by atoms with E-state index in [1.165, 1.54) is 51.4 Å². The van der Waals surface area contributed by atoms with Crippen LogP contribution >= 0.6 is 0 Å². The predicted molar refractivity (Wildman–Crippen MR) is 107 cm³/mol. The molecule has 4 saturated carbocycles. The van der Waals surface area contributed by atoms with E-state index in [9.17, 15) is 10.2 Å². The highest BCUT2D eigenvalue weighted by atomic mass is 16.3. The van der Waals surface area contributed by atoms with E-state index in [-0.39, 0.29) is 17.6 Å². The third-order valence-electron chi connectivity index (χ3n) is 10.1. The summed E-state index contributed by atoms with van der Waals surface area (Å²) in [5.41, 5.74) is 0.508. The Kier molecular flexibility index (Phi) is 5.01. The average Bonchev–Trinajstić information content (AvgIpc) is 2.91. The van der Waals surface area contributed by atoms with Crippen LogP contribution in [0.1, 0.15) is 91.9 Å². The summed E-state index contributed by atoms with van der Waals surface area (Å²) in [7, 11) is 0. The molecule has 0 aromatic rings. The van der Waals surface area contributed by atoms with Crippen molar-refractivity contribution in [1.29, 1.82) is 0 Å². The zero-order valence-electron chi connectivity index (χ0n) is 17.6. The van der Waals surface area contributed by atoms with Crippen molar-refractivity contribution in [2.45, 2.75) is 104 Å². The van der Waals surface area contributed by atoms with Gasteiger partial charge in [0.25, 0.3) is 0 Å². The third kappa shape index (κ3) is 2.72. The molecule has 10 atom stereocenters. The molecular formula is C24H42O2. The maximum atomic E-state index is 11.4. The highest BCUT2D eigenvalue weighted by molar-refractivity contribution is 5.12. The normalized spacial score (nSPS) is 54.9. The number of aliphatic hydroxyl groups is 2. The molecule has 0 spiro atoms. The molecule has 0 radical (unpaired) electrons. The lowest BCUT2D eigenvalue weighted by molar-refractivity contribution is -0.178.